The molecule has 0 unspecified atom stereocenters. The number of hydrogen-bond acceptors (Lipinski definition) is 8. The van der Waals surface area contributed by atoms with Crippen LogP contribution in [0.4, 0.5) is 5.69 Å². The Hall–Kier alpha value is -4.14. The number of hydrogen-bond donors (Lipinski definition) is 1. The third kappa shape index (κ3) is 4.81. The number of benzene rings is 2. The molecular weight excluding hydrogens is 476 g/mol. The minimum atomic E-state index is -0.770. The van der Waals surface area contributed by atoms with Crippen LogP contribution in [-0.2, 0) is 14.3 Å². The van der Waals surface area contributed by atoms with Crippen molar-refractivity contribution in [3.8, 4) is 11.5 Å². The van der Waals surface area contributed by atoms with Gasteiger partial charge >= 0.3 is 5.97 Å². The van der Waals surface area contributed by atoms with Crippen LogP contribution in [0.2, 0.25) is 0 Å². The number of methoxy groups -OCH3 is 2. The molecule has 0 radical (unpaired) electrons. The lowest BCUT2D eigenvalue weighted by molar-refractivity contribution is -0.385. The molecule has 9 nitrogen and oxygen atoms in total. The third-order valence-corrected chi connectivity index (χ3v) is 6.97. The number of nitrogens with zero attached hydrogens (tertiary/aromatic N) is 1. The third-order valence-electron chi connectivity index (χ3n) is 6.97. The molecule has 2 aromatic carbocycles. The van der Waals surface area contributed by atoms with Gasteiger partial charge in [-0.15, -0.1) is 0 Å². The average Bonchev–Trinajstić information content (AvgIpc) is 2.87. The van der Waals surface area contributed by atoms with E-state index in [9.17, 15) is 19.7 Å². The molecule has 0 saturated carbocycles. The maximum Gasteiger partial charge on any atom is 0.336 e. The summed E-state index contributed by atoms with van der Waals surface area (Å²) in [5.41, 5.74) is 3.87. The fourth-order valence-corrected chi connectivity index (χ4v) is 5.20. The first-order chi connectivity index (χ1) is 17.7. The van der Waals surface area contributed by atoms with Crippen LogP contribution in [0.25, 0.3) is 0 Å². The number of aryl methyl sites for hydroxylation is 1. The Kier molecular flexibility index (Phi) is 7.33. The van der Waals surface area contributed by atoms with E-state index in [1.165, 1.54) is 6.07 Å². The maximum absolute atomic E-state index is 13.7. The van der Waals surface area contributed by atoms with E-state index in [0.717, 1.165) is 5.56 Å². The Morgan fingerprint density at radius 2 is 1.76 bits per heavy atom. The van der Waals surface area contributed by atoms with Gasteiger partial charge in [-0.3, -0.25) is 14.9 Å². The van der Waals surface area contributed by atoms with E-state index in [1.807, 2.05) is 18.2 Å². The van der Waals surface area contributed by atoms with E-state index in [2.05, 4.69) is 5.32 Å². The van der Waals surface area contributed by atoms with Crippen molar-refractivity contribution in [2.75, 3.05) is 20.8 Å². The van der Waals surface area contributed by atoms with Crippen LogP contribution in [0.15, 0.2) is 58.9 Å². The Labute approximate surface area is 215 Å². The highest BCUT2D eigenvalue weighted by molar-refractivity contribution is 6.04. The molecule has 1 aliphatic heterocycles. The molecule has 0 saturated heterocycles. The van der Waals surface area contributed by atoms with Crippen molar-refractivity contribution in [3.05, 3.63) is 85.7 Å². The van der Waals surface area contributed by atoms with E-state index in [-0.39, 0.29) is 36.0 Å². The molecule has 194 valence electrons. The van der Waals surface area contributed by atoms with Gasteiger partial charge in [0.2, 0.25) is 0 Å². The van der Waals surface area contributed by atoms with Crippen molar-refractivity contribution in [1.82, 2.24) is 5.32 Å². The normalized spacial score (nSPS) is 19.2. The number of nitrogens with one attached hydrogen (secondary N) is 1. The molecule has 0 amide bonds. The molecule has 1 aliphatic carbocycles. The largest absolute Gasteiger partial charge is 0.493 e. The minimum absolute atomic E-state index is 0.0643. The van der Waals surface area contributed by atoms with Crippen LogP contribution in [-0.4, -0.2) is 37.5 Å². The maximum atomic E-state index is 13.7. The number of ketones is 1. The van der Waals surface area contributed by atoms with Crippen LogP contribution in [0, 0.1) is 17.0 Å². The Bertz CT molecular complexity index is 1340. The fourth-order valence-electron chi connectivity index (χ4n) is 5.20. The van der Waals surface area contributed by atoms with Gasteiger partial charge in [-0.1, -0.05) is 18.2 Å². The highest BCUT2D eigenvalue weighted by atomic mass is 16.6. The zero-order valence-electron chi connectivity index (χ0n) is 21.5. The first-order valence-electron chi connectivity index (χ1n) is 12.1. The van der Waals surface area contributed by atoms with Crippen LogP contribution < -0.4 is 14.8 Å². The van der Waals surface area contributed by atoms with Gasteiger partial charge in [0.05, 0.1) is 31.3 Å². The summed E-state index contributed by atoms with van der Waals surface area (Å²) >= 11 is 0. The second-order valence-electron chi connectivity index (χ2n) is 9.16. The summed E-state index contributed by atoms with van der Waals surface area (Å²) in [6, 6.07) is 10.4. The van der Waals surface area contributed by atoms with Gasteiger partial charge in [0, 0.05) is 40.9 Å². The number of carbonyl (C=O) groups excluding carboxylic acids is 2. The number of allylic oxidation sites excluding steroid dienone is 3. The molecule has 2 atom stereocenters. The smallest absolute Gasteiger partial charge is 0.336 e. The highest BCUT2D eigenvalue weighted by Gasteiger charge is 2.42. The van der Waals surface area contributed by atoms with Gasteiger partial charge in [-0.2, -0.15) is 0 Å². The van der Waals surface area contributed by atoms with E-state index in [4.69, 9.17) is 14.2 Å². The first kappa shape index (κ1) is 25.9. The molecule has 0 fully saturated rings. The van der Waals surface area contributed by atoms with E-state index >= 15 is 0 Å². The van der Waals surface area contributed by atoms with Crippen molar-refractivity contribution in [2.24, 2.45) is 0 Å². The van der Waals surface area contributed by atoms with Crippen LogP contribution >= 0.6 is 0 Å². The Balaban J connectivity index is 1.82. The lowest BCUT2D eigenvalue weighted by atomic mass is 9.71. The predicted octanol–water partition coefficient (Wildman–Crippen LogP) is 4.85. The number of Topliss-reactive ketones (excluding diaryl/α,β-unsaturated/α-hetero) is 1. The molecule has 0 aromatic heterocycles. The second-order valence-corrected chi connectivity index (χ2v) is 9.16. The molecule has 0 spiro atoms. The standard InChI is InChI=1S/C28H30N2O7/c1-6-37-28(32)25-16(3)29-20-11-19(17-9-10-23(35-4)24(14-17)36-5)13-22(31)27(20)26(25)18-8-7-15(2)21(12-18)30(33)34/h7-10,12,14,19,26,29H,6,11,13H2,1-5H3/t19-,26-/m1/s1. The fraction of sp³-hybridized carbons (Fsp3) is 0.357. The number of ether oxygens (including phenoxy) is 3. The summed E-state index contributed by atoms with van der Waals surface area (Å²) < 4.78 is 16.1. The summed E-state index contributed by atoms with van der Waals surface area (Å²) in [5.74, 6) is -0.396. The van der Waals surface area contributed by atoms with Gasteiger partial charge in [0.15, 0.2) is 17.3 Å². The zero-order chi connectivity index (χ0) is 26.9. The lowest BCUT2D eigenvalue weighted by Crippen LogP contribution is -2.36. The first-order valence-corrected chi connectivity index (χ1v) is 12.1. The average molecular weight is 507 g/mol. The zero-order valence-corrected chi connectivity index (χ0v) is 21.5. The van der Waals surface area contributed by atoms with Crippen molar-refractivity contribution in [3.63, 3.8) is 0 Å². The van der Waals surface area contributed by atoms with Gasteiger partial charge in [-0.25, -0.2) is 4.79 Å². The summed E-state index contributed by atoms with van der Waals surface area (Å²) in [6.07, 6.45) is 0.740. The van der Waals surface area contributed by atoms with Gasteiger partial charge in [0.25, 0.3) is 5.69 Å². The highest BCUT2D eigenvalue weighted by Crippen LogP contribution is 2.47. The van der Waals surface area contributed by atoms with E-state index in [0.29, 0.717) is 46.0 Å². The molecule has 0 bridgehead atoms. The number of rotatable bonds is 7. The number of carbonyl (C=O) groups is 2. The van der Waals surface area contributed by atoms with Crippen molar-refractivity contribution >= 4 is 17.4 Å². The Morgan fingerprint density at radius 1 is 1.05 bits per heavy atom. The summed E-state index contributed by atoms with van der Waals surface area (Å²) in [6.45, 7) is 5.29. The van der Waals surface area contributed by atoms with Gasteiger partial charge in [-0.05, 0) is 56.4 Å². The van der Waals surface area contributed by atoms with Gasteiger partial charge in [0.1, 0.15) is 0 Å². The van der Waals surface area contributed by atoms with Crippen LogP contribution in [0.5, 0.6) is 11.5 Å². The van der Waals surface area contributed by atoms with Crippen molar-refractivity contribution < 1.29 is 28.7 Å². The summed E-state index contributed by atoms with van der Waals surface area (Å²) in [7, 11) is 3.13. The van der Waals surface area contributed by atoms with Crippen LogP contribution in [0.1, 0.15) is 55.2 Å². The monoisotopic (exact) mass is 506 g/mol. The number of nitro benzene ring substituents is 1. The number of dihydropyridines is 1. The van der Waals surface area contributed by atoms with Crippen molar-refractivity contribution in [1.29, 1.82) is 0 Å². The molecule has 9 heteroatoms. The molecule has 2 aromatic rings. The molecule has 2 aliphatic rings. The minimum Gasteiger partial charge on any atom is -0.493 e. The molecule has 1 N–H and O–H groups in total. The van der Waals surface area contributed by atoms with E-state index < -0.39 is 16.8 Å². The summed E-state index contributed by atoms with van der Waals surface area (Å²) in [4.78, 5) is 38.0. The topological polar surface area (TPSA) is 117 Å². The second kappa shape index (κ2) is 10.5. The van der Waals surface area contributed by atoms with Crippen LogP contribution in [0.3, 0.4) is 0 Å². The van der Waals surface area contributed by atoms with Crippen molar-refractivity contribution in [2.45, 2.75) is 45.4 Å². The molecular formula is C28H30N2O7. The summed E-state index contributed by atoms with van der Waals surface area (Å²) in [5, 5.41) is 15.0. The quantitative estimate of drug-likeness (QED) is 0.322. The number of esters is 1. The number of nitro groups is 1. The SMILES string of the molecule is CCOC(=O)C1=C(C)NC2=C(C(=O)C[C@H](c3ccc(OC)c(OC)c3)C2)[C@@H]1c1ccc(C)c([N+](=O)[O-])c1. The molecule has 37 heavy (non-hydrogen) atoms. The Morgan fingerprint density at radius 3 is 2.41 bits per heavy atom. The molecule has 4 rings (SSSR count). The predicted molar refractivity (Wildman–Crippen MR) is 137 cm³/mol. The van der Waals surface area contributed by atoms with E-state index in [1.54, 1.807) is 47.1 Å². The van der Waals surface area contributed by atoms with Gasteiger partial charge < -0.3 is 19.5 Å². The molecule has 1 heterocycles. The lowest BCUT2D eigenvalue weighted by Gasteiger charge is -2.36.